The largest absolute Gasteiger partial charge is 0.379 e. The highest BCUT2D eigenvalue weighted by molar-refractivity contribution is 6.31. The van der Waals surface area contributed by atoms with Crippen molar-refractivity contribution in [3.05, 3.63) is 33.5 Å². The van der Waals surface area contributed by atoms with Gasteiger partial charge in [-0.3, -0.25) is 14.0 Å². The van der Waals surface area contributed by atoms with Crippen LogP contribution >= 0.6 is 11.6 Å². The third-order valence-corrected chi connectivity index (χ3v) is 9.10. The molecule has 0 radical (unpaired) electrons. The fourth-order valence-corrected chi connectivity index (χ4v) is 6.71. The first-order valence-corrected chi connectivity index (χ1v) is 13.9. The average Bonchev–Trinajstić information content (AvgIpc) is 3.13. The number of halogens is 2. The SMILES string of the molecule is CC(C)[C@H]1CC[C@H](N2CCC(n3c(=O)n(CCN4CCOCC4)c4cc(Cl)c(F)cc43)CC2)CC1. The van der Waals surface area contributed by atoms with E-state index in [1.54, 1.807) is 10.6 Å². The molecule has 3 aliphatic rings. The summed E-state index contributed by atoms with van der Waals surface area (Å²) >= 11 is 6.16. The first-order chi connectivity index (χ1) is 16.9. The minimum Gasteiger partial charge on any atom is -0.379 e. The number of benzene rings is 1. The Balaban J connectivity index is 1.32. The molecule has 0 amide bonds. The second-order valence-corrected chi connectivity index (χ2v) is 11.5. The molecule has 0 bridgehead atoms. The highest BCUT2D eigenvalue weighted by Crippen LogP contribution is 2.35. The number of hydrogen-bond donors (Lipinski definition) is 0. The van der Waals surface area contributed by atoms with Gasteiger partial charge >= 0.3 is 5.69 Å². The summed E-state index contributed by atoms with van der Waals surface area (Å²) in [5.41, 5.74) is 1.38. The van der Waals surface area contributed by atoms with Gasteiger partial charge in [0.1, 0.15) is 5.82 Å². The molecule has 2 saturated heterocycles. The number of morpholine rings is 1. The molecule has 6 nitrogen and oxygen atoms in total. The Morgan fingerprint density at radius 3 is 2.29 bits per heavy atom. The van der Waals surface area contributed by atoms with Crippen molar-refractivity contribution >= 4 is 22.6 Å². The highest BCUT2D eigenvalue weighted by atomic mass is 35.5. The molecule has 2 aromatic rings. The molecule has 5 rings (SSSR count). The van der Waals surface area contributed by atoms with E-state index in [1.807, 2.05) is 4.57 Å². The van der Waals surface area contributed by atoms with E-state index in [4.69, 9.17) is 16.3 Å². The average molecular weight is 507 g/mol. The molecule has 0 spiro atoms. The minimum absolute atomic E-state index is 0.0363. The Labute approximate surface area is 213 Å². The van der Waals surface area contributed by atoms with E-state index >= 15 is 0 Å². The smallest absolute Gasteiger partial charge is 0.329 e. The van der Waals surface area contributed by atoms with E-state index in [-0.39, 0.29) is 16.8 Å². The molecule has 1 aromatic heterocycles. The van der Waals surface area contributed by atoms with Crippen LogP contribution in [-0.4, -0.2) is 70.9 Å². The Bertz CT molecular complexity index is 1060. The maximum absolute atomic E-state index is 14.5. The molecule has 8 heteroatoms. The molecular weight excluding hydrogens is 467 g/mol. The van der Waals surface area contributed by atoms with Crippen LogP contribution in [0.25, 0.3) is 11.0 Å². The zero-order chi connectivity index (χ0) is 24.5. The second-order valence-electron chi connectivity index (χ2n) is 11.1. The lowest BCUT2D eigenvalue weighted by atomic mass is 9.79. The van der Waals surface area contributed by atoms with Crippen LogP contribution in [0.3, 0.4) is 0 Å². The number of fused-ring (bicyclic) bond motifs is 1. The lowest BCUT2D eigenvalue weighted by Crippen LogP contribution is -2.45. The number of rotatable bonds is 6. The molecule has 3 fully saturated rings. The summed E-state index contributed by atoms with van der Waals surface area (Å²) in [6.07, 6.45) is 7.10. The molecule has 1 saturated carbocycles. The molecule has 194 valence electrons. The number of hydrogen-bond acceptors (Lipinski definition) is 4. The monoisotopic (exact) mass is 506 g/mol. The van der Waals surface area contributed by atoms with E-state index in [1.165, 1.54) is 31.7 Å². The van der Waals surface area contributed by atoms with Crippen molar-refractivity contribution in [3.8, 4) is 0 Å². The van der Waals surface area contributed by atoms with Gasteiger partial charge in [-0.2, -0.15) is 0 Å². The standard InChI is InChI=1S/C27H40ClFN4O2/c1-19(2)20-3-5-21(6-4-20)31-9-7-22(8-10-31)33-26-18-24(29)23(28)17-25(26)32(27(33)34)12-11-30-13-15-35-16-14-30/h17-22H,3-16H2,1-2H3/t20-,21-. The quantitative estimate of drug-likeness (QED) is 0.565. The van der Waals surface area contributed by atoms with Crippen LogP contribution in [0.2, 0.25) is 5.02 Å². The van der Waals surface area contributed by atoms with Crippen LogP contribution in [0, 0.1) is 17.7 Å². The van der Waals surface area contributed by atoms with Crippen LogP contribution in [0.1, 0.15) is 58.4 Å². The molecule has 0 unspecified atom stereocenters. The lowest BCUT2D eigenvalue weighted by Gasteiger charge is -2.41. The van der Waals surface area contributed by atoms with Gasteiger partial charge in [-0.05, 0) is 56.4 Å². The summed E-state index contributed by atoms with van der Waals surface area (Å²) in [5, 5.41) is 0.0709. The summed E-state index contributed by atoms with van der Waals surface area (Å²) < 4.78 is 23.6. The van der Waals surface area contributed by atoms with E-state index < -0.39 is 5.82 Å². The van der Waals surface area contributed by atoms with Crippen LogP contribution in [0.4, 0.5) is 4.39 Å². The van der Waals surface area contributed by atoms with E-state index in [9.17, 15) is 9.18 Å². The van der Waals surface area contributed by atoms with Crippen molar-refractivity contribution < 1.29 is 9.13 Å². The Morgan fingerprint density at radius 1 is 0.943 bits per heavy atom. The van der Waals surface area contributed by atoms with Gasteiger partial charge in [0.25, 0.3) is 0 Å². The Hall–Kier alpha value is -1.41. The predicted molar refractivity (Wildman–Crippen MR) is 139 cm³/mol. The summed E-state index contributed by atoms with van der Waals surface area (Å²) in [6, 6.07) is 3.86. The summed E-state index contributed by atoms with van der Waals surface area (Å²) in [7, 11) is 0. The van der Waals surface area contributed by atoms with E-state index in [0.717, 1.165) is 76.1 Å². The van der Waals surface area contributed by atoms with Crippen LogP contribution in [0.5, 0.6) is 0 Å². The molecule has 3 heterocycles. The van der Waals surface area contributed by atoms with Gasteiger partial charge in [0, 0.05) is 57.4 Å². The zero-order valence-electron chi connectivity index (χ0n) is 21.2. The van der Waals surface area contributed by atoms with Gasteiger partial charge < -0.3 is 9.64 Å². The number of imidazole rings is 1. The molecule has 35 heavy (non-hydrogen) atoms. The van der Waals surface area contributed by atoms with Gasteiger partial charge in [-0.25, -0.2) is 9.18 Å². The summed E-state index contributed by atoms with van der Waals surface area (Å²) in [5.74, 6) is 1.19. The van der Waals surface area contributed by atoms with Gasteiger partial charge in [0.05, 0.1) is 29.3 Å². The fraction of sp³-hybridized carbons (Fsp3) is 0.741. The van der Waals surface area contributed by atoms with Crippen molar-refractivity contribution in [1.82, 2.24) is 18.9 Å². The number of likely N-dealkylation sites (tertiary alicyclic amines) is 1. The van der Waals surface area contributed by atoms with Crippen LogP contribution in [-0.2, 0) is 11.3 Å². The van der Waals surface area contributed by atoms with Crippen molar-refractivity contribution in [2.75, 3.05) is 45.9 Å². The highest BCUT2D eigenvalue weighted by Gasteiger charge is 2.32. The fourth-order valence-electron chi connectivity index (χ4n) is 6.55. The number of ether oxygens (including phenoxy) is 1. The van der Waals surface area contributed by atoms with Crippen molar-refractivity contribution in [3.63, 3.8) is 0 Å². The zero-order valence-corrected chi connectivity index (χ0v) is 22.0. The van der Waals surface area contributed by atoms with Crippen LogP contribution in [0.15, 0.2) is 16.9 Å². The molecule has 1 aromatic carbocycles. The topological polar surface area (TPSA) is 42.6 Å². The maximum Gasteiger partial charge on any atom is 0.329 e. The molecule has 0 atom stereocenters. The van der Waals surface area contributed by atoms with E-state index in [2.05, 4.69) is 23.6 Å². The molecule has 0 N–H and O–H groups in total. The van der Waals surface area contributed by atoms with Gasteiger partial charge in [0.2, 0.25) is 0 Å². The van der Waals surface area contributed by atoms with Crippen molar-refractivity contribution in [2.45, 2.75) is 71.0 Å². The Morgan fingerprint density at radius 2 is 1.63 bits per heavy atom. The van der Waals surface area contributed by atoms with Crippen molar-refractivity contribution in [1.29, 1.82) is 0 Å². The summed E-state index contributed by atoms with van der Waals surface area (Å²) in [4.78, 5) is 18.6. The van der Waals surface area contributed by atoms with Crippen molar-refractivity contribution in [2.24, 2.45) is 11.8 Å². The van der Waals surface area contributed by atoms with Gasteiger partial charge in [-0.15, -0.1) is 0 Å². The molecule has 2 aliphatic heterocycles. The van der Waals surface area contributed by atoms with Gasteiger partial charge in [0.15, 0.2) is 0 Å². The van der Waals surface area contributed by atoms with E-state index in [0.29, 0.717) is 18.1 Å². The number of piperidine rings is 1. The summed E-state index contributed by atoms with van der Waals surface area (Å²) in [6.45, 7) is 11.3. The normalized spacial score (nSPS) is 25.6. The second kappa shape index (κ2) is 10.9. The minimum atomic E-state index is -0.461. The predicted octanol–water partition coefficient (Wildman–Crippen LogP) is 4.78. The van der Waals surface area contributed by atoms with Gasteiger partial charge in [-0.1, -0.05) is 25.4 Å². The maximum atomic E-state index is 14.5. The number of aromatic nitrogens is 2. The first kappa shape index (κ1) is 25.2. The lowest BCUT2D eigenvalue weighted by molar-refractivity contribution is 0.0363. The van der Waals surface area contributed by atoms with Crippen LogP contribution < -0.4 is 5.69 Å². The molecular formula is C27H40ClFN4O2. The third-order valence-electron chi connectivity index (χ3n) is 8.81. The number of nitrogens with zero attached hydrogens (tertiary/aromatic N) is 4. The first-order valence-electron chi connectivity index (χ1n) is 13.6. The Kier molecular flexibility index (Phi) is 7.87. The third kappa shape index (κ3) is 5.34. The molecule has 1 aliphatic carbocycles.